The third-order valence-electron chi connectivity index (χ3n) is 6.28. The van der Waals surface area contributed by atoms with Crippen molar-refractivity contribution in [1.82, 2.24) is 20.0 Å². The van der Waals surface area contributed by atoms with Crippen LogP contribution in [-0.4, -0.2) is 79.6 Å². The second-order valence-electron chi connectivity index (χ2n) is 8.10. The largest absolute Gasteiger partial charge is 0.357 e. The molecule has 6 heteroatoms. The molecule has 3 rings (SSSR count). The summed E-state index contributed by atoms with van der Waals surface area (Å²) < 4.78 is 0. The standard InChI is InChI=1S/C23H39N5.HI/c1-4-22(21-10-8-7-9-11-21)27-14-16-28(17-15-27)23(24-5-2)25-18-20-12-13-26(6-3)19-20;/h7-11,20,22H,4-6,12-19H2,1-3H3,(H,24,25);1H. The van der Waals surface area contributed by atoms with Crippen molar-refractivity contribution in [1.29, 1.82) is 0 Å². The van der Waals surface area contributed by atoms with Crippen molar-refractivity contribution in [2.45, 2.75) is 39.7 Å². The highest BCUT2D eigenvalue weighted by atomic mass is 127. The minimum absolute atomic E-state index is 0. The van der Waals surface area contributed by atoms with Crippen LogP contribution in [0, 0.1) is 5.92 Å². The van der Waals surface area contributed by atoms with E-state index >= 15 is 0 Å². The molecular formula is C23H40IN5. The molecule has 1 N–H and O–H groups in total. The van der Waals surface area contributed by atoms with Crippen LogP contribution in [0.1, 0.15) is 45.2 Å². The molecule has 2 atom stereocenters. The van der Waals surface area contributed by atoms with Crippen LogP contribution < -0.4 is 5.32 Å². The molecule has 0 aliphatic carbocycles. The van der Waals surface area contributed by atoms with Crippen molar-refractivity contribution in [3.8, 4) is 0 Å². The number of guanidine groups is 1. The Morgan fingerprint density at radius 2 is 1.79 bits per heavy atom. The Labute approximate surface area is 194 Å². The molecule has 0 spiro atoms. The molecule has 1 aromatic carbocycles. The minimum Gasteiger partial charge on any atom is -0.357 e. The highest BCUT2D eigenvalue weighted by molar-refractivity contribution is 14.0. The average Bonchev–Trinajstić information content (AvgIpc) is 3.21. The summed E-state index contributed by atoms with van der Waals surface area (Å²) in [7, 11) is 0. The normalized spacial score (nSPS) is 22.4. The monoisotopic (exact) mass is 513 g/mol. The fraction of sp³-hybridized carbons (Fsp3) is 0.696. The van der Waals surface area contributed by atoms with Gasteiger partial charge in [-0.2, -0.15) is 0 Å². The van der Waals surface area contributed by atoms with Gasteiger partial charge in [-0.15, -0.1) is 24.0 Å². The van der Waals surface area contributed by atoms with E-state index in [9.17, 15) is 0 Å². The van der Waals surface area contributed by atoms with E-state index in [2.05, 4.69) is 71.1 Å². The quantitative estimate of drug-likeness (QED) is 0.343. The van der Waals surface area contributed by atoms with Gasteiger partial charge in [-0.3, -0.25) is 9.89 Å². The van der Waals surface area contributed by atoms with E-state index in [1.165, 1.54) is 31.6 Å². The Hall–Kier alpha value is -0.860. The summed E-state index contributed by atoms with van der Waals surface area (Å²) in [4.78, 5) is 12.7. The maximum Gasteiger partial charge on any atom is 0.194 e. The number of rotatable bonds is 7. The molecule has 2 aliphatic rings. The van der Waals surface area contributed by atoms with E-state index < -0.39 is 0 Å². The number of hydrogen-bond acceptors (Lipinski definition) is 3. The number of halogens is 1. The number of aliphatic imine (C=N–C) groups is 1. The summed E-state index contributed by atoms with van der Waals surface area (Å²) in [6.07, 6.45) is 2.45. The molecule has 1 aromatic rings. The smallest absolute Gasteiger partial charge is 0.194 e. The van der Waals surface area contributed by atoms with Crippen LogP contribution in [0.2, 0.25) is 0 Å². The van der Waals surface area contributed by atoms with E-state index in [4.69, 9.17) is 4.99 Å². The summed E-state index contributed by atoms with van der Waals surface area (Å²) in [5.74, 6) is 1.84. The molecule has 0 amide bonds. The molecule has 2 fully saturated rings. The van der Waals surface area contributed by atoms with Gasteiger partial charge in [0, 0.05) is 51.9 Å². The van der Waals surface area contributed by atoms with Gasteiger partial charge < -0.3 is 15.1 Å². The van der Waals surface area contributed by atoms with Crippen molar-refractivity contribution in [3.63, 3.8) is 0 Å². The van der Waals surface area contributed by atoms with Crippen LogP contribution >= 0.6 is 24.0 Å². The molecule has 2 heterocycles. The second kappa shape index (κ2) is 12.7. The third-order valence-corrected chi connectivity index (χ3v) is 6.28. The molecule has 0 bridgehead atoms. The SMILES string of the molecule is CCNC(=NCC1CCN(CC)C1)N1CCN(C(CC)c2ccccc2)CC1.I. The highest BCUT2D eigenvalue weighted by Crippen LogP contribution is 2.25. The summed E-state index contributed by atoms with van der Waals surface area (Å²) in [5.41, 5.74) is 1.45. The van der Waals surface area contributed by atoms with Gasteiger partial charge in [0.2, 0.25) is 0 Å². The van der Waals surface area contributed by atoms with Crippen molar-refractivity contribution in [2.24, 2.45) is 10.9 Å². The second-order valence-corrected chi connectivity index (χ2v) is 8.10. The molecular weight excluding hydrogens is 473 g/mol. The Morgan fingerprint density at radius 3 is 2.38 bits per heavy atom. The molecule has 0 saturated carbocycles. The minimum atomic E-state index is 0. The van der Waals surface area contributed by atoms with Crippen LogP contribution in [-0.2, 0) is 0 Å². The van der Waals surface area contributed by atoms with Gasteiger partial charge >= 0.3 is 0 Å². The maximum atomic E-state index is 5.02. The predicted octanol–water partition coefficient (Wildman–Crippen LogP) is 3.68. The van der Waals surface area contributed by atoms with Gasteiger partial charge in [-0.25, -0.2) is 0 Å². The maximum absolute atomic E-state index is 5.02. The van der Waals surface area contributed by atoms with E-state index in [-0.39, 0.29) is 24.0 Å². The fourth-order valence-corrected chi connectivity index (χ4v) is 4.62. The topological polar surface area (TPSA) is 34.1 Å². The molecule has 29 heavy (non-hydrogen) atoms. The van der Waals surface area contributed by atoms with Crippen LogP contribution in [0.5, 0.6) is 0 Å². The van der Waals surface area contributed by atoms with Gasteiger partial charge in [-0.05, 0) is 44.3 Å². The Morgan fingerprint density at radius 1 is 1.07 bits per heavy atom. The van der Waals surface area contributed by atoms with E-state index in [0.29, 0.717) is 6.04 Å². The molecule has 2 unspecified atom stereocenters. The first-order valence-electron chi connectivity index (χ1n) is 11.3. The zero-order valence-electron chi connectivity index (χ0n) is 18.5. The van der Waals surface area contributed by atoms with Crippen LogP contribution in [0.3, 0.4) is 0 Å². The average molecular weight is 514 g/mol. The first kappa shape index (κ1) is 24.4. The van der Waals surface area contributed by atoms with Gasteiger partial charge in [0.15, 0.2) is 5.96 Å². The summed E-state index contributed by atoms with van der Waals surface area (Å²) in [6, 6.07) is 11.5. The number of nitrogens with zero attached hydrogens (tertiary/aromatic N) is 4. The van der Waals surface area contributed by atoms with Crippen molar-refractivity contribution < 1.29 is 0 Å². The van der Waals surface area contributed by atoms with Crippen molar-refractivity contribution >= 4 is 29.9 Å². The number of nitrogens with one attached hydrogen (secondary N) is 1. The highest BCUT2D eigenvalue weighted by Gasteiger charge is 2.26. The lowest BCUT2D eigenvalue weighted by Crippen LogP contribution is -2.53. The van der Waals surface area contributed by atoms with Gasteiger partial charge in [0.1, 0.15) is 0 Å². The van der Waals surface area contributed by atoms with Gasteiger partial charge in [-0.1, -0.05) is 44.2 Å². The van der Waals surface area contributed by atoms with Crippen LogP contribution in [0.25, 0.3) is 0 Å². The third kappa shape index (κ3) is 6.82. The lowest BCUT2D eigenvalue weighted by atomic mass is 10.0. The van der Waals surface area contributed by atoms with E-state index in [1.54, 1.807) is 0 Å². The zero-order chi connectivity index (χ0) is 19.8. The van der Waals surface area contributed by atoms with E-state index in [0.717, 1.165) is 57.6 Å². The lowest BCUT2D eigenvalue weighted by Gasteiger charge is -2.40. The van der Waals surface area contributed by atoms with Gasteiger partial charge in [0.05, 0.1) is 0 Å². The molecule has 164 valence electrons. The fourth-order valence-electron chi connectivity index (χ4n) is 4.62. The molecule has 0 radical (unpaired) electrons. The summed E-state index contributed by atoms with van der Waals surface area (Å²) in [6.45, 7) is 16.6. The zero-order valence-corrected chi connectivity index (χ0v) is 20.8. The first-order chi connectivity index (χ1) is 13.7. The molecule has 2 aliphatic heterocycles. The van der Waals surface area contributed by atoms with Gasteiger partial charge in [0.25, 0.3) is 0 Å². The lowest BCUT2D eigenvalue weighted by molar-refractivity contribution is 0.127. The molecule has 2 saturated heterocycles. The van der Waals surface area contributed by atoms with Crippen molar-refractivity contribution in [2.75, 3.05) is 58.9 Å². The van der Waals surface area contributed by atoms with Crippen LogP contribution in [0.4, 0.5) is 0 Å². The first-order valence-corrected chi connectivity index (χ1v) is 11.3. The predicted molar refractivity (Wildman–Crippen MR) is 134 cm³/mol. The van der Waals surface area contributed by atoms with Crippen LogP contribution in [0.15, 0.2) is 35.3 Å². The van der Waals surface area contributed by atoms with Crippen molar-refractivity contribution in [3.05, 3.63) is 35.9 Å². The molecule has 0 aromatic heterocycles. The summed E-state index contributed by atoms with van der Waals surface area (Å²) >= 11 is 0. The number of hydrogen-bond donors (Lipinski definition) is 1. The Kier molecular flexibility index (Phi) is 10.7. The Balaban J connectivity index is 0.00000300. The number of benzene rings is 1. The van der Waals surface area contributed by atoms with E-state index in [1.807, 2.05) is 0 Å². The summed E-state index contributed by atoms with van der Waals surface area (Å²) in [5, 5.41) is 3.54. The number of likely N-dealkylation sites (tertiary alicyclic amines) is 1. The molecule has 5 nitrogen and oxygen atoms in total. The Bertz CT molecular complexity index is 601. The number of piperazine rings is 1.